The Kier molecular flexibility index (Phi) is 4.50. The summed E-state index contributed by atoms with van der Waals surface area (Å²) < 4.78 is 8.49. The van der Waals surface area contributed by atoms with Crippen LogP contribution >= 0.6 is 42.4 Å². The van der Waals surface area contributed by atoms with Crippen molar-refractivity contribution in [2.24, 2.45) is 0 Å². The first-order valence-corrected chi connectivity index (χ1v) is 5.75. The van der Waals surface area contributed by atoms with Crippen LogP contribution in [0.4, 0.5) is 0 Å². The van der Waals surface area contributed by atoms with Crippen LogP contribution in [0, 0.1) is 0 Å². The summed E-state index contributed by atoms with van der Waals surface area (Å²) in [5.74, 6) is -2.53. The van der Waals surface area contributed by atoms with Gasteiger partial charge in [0.05, 0.1) is 0 Å². The molecule has 0 spiro atoms. The van der Waals surface area contributed by atoms with Crippen LogP contribution < -0.4 is 5.32 Å². The van der Waals surface area contributed by atoms with E-state index in [9.17, 15) is 9.36 Å². The lowest BCUT2D eigenvalue weighted by Gasteiger charge is -2.25. The van der Waals surface area contributed by atoms with E-state index in [1.165, 1.54) is 0 Å². The molecule has 78 valence electrons. The number of amides is 1. The van der Waals surface area contributed by atoms with Crippen molar-refractivity contribution < 1.29 is 19.1 Å². The molecule has 0 aliphatic carbocycles. The van der Waals surface area contributed by atoms with Gasteiger partial charge in [-0.15, -0.1) is 0 Å². The second-order valence-electron chi connectivity index (χ2n) is 2.23. The maximum absolute atomic E-state index is 10.7. The molecule has 0 saturated heterocycles. The topological polar surface area (TPSA) is 86.6 Å². The molecule has 0 fully saturated rings. The summed E-state index contributed by atoms with van der Waals surface area (Å²) in [5, 5.41) is 1.86. The minimum Gasteiger partial charge on any atom is -0.339 e. The van der Waals surface area contributed by atoms with Crippen LogP contribution in [0.5, 0.6) is 0 Å². The van der Waals surface area contributed by atoms with Crippen LogP contribution in [0.25, 0.3) is 0 Å². The normalized spacial score (nSPS) is 15.2. The first-order valence-electron chi connectivity index (χ1n) is 2.94. The van der Waals surface area contributed by atoms with Crippen molar-refractivity contribution >= 4 is 48.3 Å². The van der Waals surface area contributed by atoms with E-state index < -0.39 is 23.1 Å². The largest absolute Gasteiger partial charge is 0.352 e. The lowest BCUT2D eigenvalue weighted by atomic mass is 10.6. The third kappa shape index (κ3) is 5.05. The predicted molar refractivity (Wildman–Crippen MR) is 49.9 cm³/mol. The summed E-state index contributed by atoms with van der Waals surface area (Å²) in [5.41, 5.74) is 0. The summed E-state index contributed by atoms with van der Waals surface area (Å²) in [4.78, 5) is 27.9. The van der Waals surface area contributed by atoms with E-state index in [4.69, 9.17) is 44.6 Å². The Balaban J connectivity index is 4.79. The lowest BCUT2D eigenvalue weighted by Crippen LogP contribution is -2.42. The molecule has 0 aromatic rings. The highest BCUT2D eigenvalue weighted by molar-refractivity contribution is 7.53. The minimum absolute atomic E-state index is 0.695. The molecule has 3 N–H and O–H groups in total. The van der Waals surface area contributed by atoms with E-state index in [0.717, 1.165) is 6.92 Å². The molecule has 0 aliphatic rings. The molecule has 0 bridgehead atoms. The molecule has 13 heavy (non-hydrogen) atoms. The third-order valence-electron chi connectivity index (χ3n) is 0.986. The zero-order valence-electron chi connectivity index (χ0n) is 6.37. The van der Waals surface area contributed by atoms with Crippen molar-refractivity contribution in [1.82, 2.24) is 5.32 Å². The highest BCUT2D eigenvalue weighted by Gasteiger charge is 2.45. The molecule has 0 aliphatic heterocycles. The van der Waals surface area contributed by atoms with E-state index in [-0.39, 0.29) is 0 Å². The fourth-order valence-corrected chi connectivity index (χ4v) is 2.59. The Hall–Kier alpha value is 0.490. The molecular weight excluding hydrogens is 263 g/mol. The molecular formula is C4H7Cl3NO4P. The van der Waals surface area contributed by atoms with Gasteiger partial charge in [-0.1, -0.05) is 34.8 Å². The number of halogens is 3. The van der Waals surface area contributed by atoms with Crippen molar-refractivity contribution in [2.45, 2.75) is 16.5 Å². The van der Waals surface area contributed by atoms with Gasteiger partial charge in [0, 0.05) is 6.92 Å². The van der Waals surface area contributed by atoms with Gasteiger partial charge in [-0.3, -0.25) is 9.36 Å². The summed E-state index contributed by atoms with van der Waals surface area (Å²) in [6.07, 6.45) is 0. The summed E-state index contributed by atoms with van der Waals surface area (Å²) in [6, 6.07) is 0. The zero-order valence-corrected chi connectivity index (χ0v) is 9.53. The number of alkyl halides is 3. The second-order valence-corrected chi connectivity index (χ2v) is 6.30. The number of nitrogens with one attached hydrogen (secondary N) is 1. The van der Waals surface area contributed by atoms with Gasteiger partial charge in [0.25, 0.3) is 0 Å². The summed E-state index contributed by atoms with van der Waals surface area (Å²) in [6.45, 7) is 1.05. The van der Waals surface area contributed by atoms with Gasteiger partial charge in [0.15, 0.2) is 5.78 Å². The molecule has 0 unspecified atom stereocenters. The number of hydrogen-bond acceptors (Lipinski definition) is 2. The van der Waals surface area contributed by atoms with Gasteiger partial charge < -0.3 is 15.1 Å². The Morgan fingerprint density at radius 2 is 1.85 bits per heavy atom. The Morgan fingerprint density at radius 3 is 1.92 bits per heavy atom. The van der Waals surface area contributed by atoms with Crippen molar-refractivity contribution in [3.05, 3.63) is 0 Å². The van der Waals surface area contributed by atoms with Crippen molar-refractivity contribution in [3.63, 3.8) is 0 Å². The first kappa shape index (κ1) is 13.5. The van der Waals surface area contributed by atoms with E-state index in [1.54, 1.807) is 0 Å². The highest BCUT2D eigenvalue weighted by atomic mass is 35.6. The summed E-state index contributed by atoms with van der Waals surface area (Å²) >= 11 is 15.8. The van der Waals surface area contributed by atoms with E-state index >= 15 is 0 Å². The number of carbonyl (C=O) groups excluding carboxylic acids is 1. The molecule has 1 atom stereocenters. The number of hydrogen-bond donors (Lipinski definition) is 3. The molecule has 0 saturated carbocycles. The molecule has 0 radical (unpaired) electrons. The standard InChI is InChI=1S/C4H7Cl3NO4P/c1-2(9)8-3(4(5,6)7)13(10,11)12/h3H,1H3,(H,8,9)(H2,10,11,12)/t3-/m1/s1. The second kappa shape index (κ2) is 4.34. The Bertz CT molecular complexity index is 246. The summed E-state index contributed by atoms with van der Waals surface area (Å²) in [7, 11) is -4.68. The van der Waals surface area contributed by atoms with Crippen molar-refractivity contribution in [1.29, 1.82) is 0 Å². The van der Waals surface area contributed by atoms with Gasteiger partial charge in [0.1, 0.15) is 0 Å². The van der Waals surface area contributed by atoms with Crippen LogP contribution in [0.1, 0.15) is 6.92 Å². The van der Waals surface area contributed by atoms with E-state index in [1.807, 2.05) is 5.32 Å². The van der Waals surface area contributed by atoms with Crippen LogP contribution in [-0.2, 0) is 9.36 Å². The Morgan fingerprint density at radius 1 is 1.46 bits per heavy atom. The minimum atomic E-state index is -4.68. The molecule has 0 aromatic heterocycles. The van der Waals surface area contributed by atoms with Gasteiger partial charge in [-0.2, -0.15) is 0 Å². The molecule has 1 amide bonds. The van der Waals surface area contributed by atoms with Crippen LogP contribution in [0.3, 0.4) is 0 Å². The molecule has 5 nitrogen and oxygen atoms in total. The predicted octanol–water partition coefficient (Wildman–Crippen LogP) is 0.996. The molecule has 0 aromatic carbocycles. The van der Waals surface area contributed by atoms with Crippen LogP contribution in [0.2, 0.25) is 0 Å². The first-order chi connectivity index (χ1) is 5.55. The van der Waals surface area contributed by atoms with Gasteiger partial charge in [-0.05, 0) is 0 Å². The van der Waals surface area contributed by atoms with E-state index in [2.05, 4.69) is 0 Å². The van der Waals surface area contributed by atoms with Crippen molar-refractivity contribution in [2.75, 3.05) is 0 Å². The van der Waals surface area contributed by atoms with Gasteiger partial charge in [-0.25, -0.2) is 0 Å². The molecule has 0 rings (SSSR count). The number of carbonyl (C=O) groups is 1. The quantitative estimate of drug-likeness (QED) is 0.516. The molecule has 9 heteroatoms. The maximum atomic E-state index is 10.7. The van der Waals surface area contributed by atoms with Crippen molar-refractivity contribution in [3.8, 4) is 0 Å². The highest BCUT2D eigenvalue weighted by Crippen LogP contribution is 2.50. The SMILES string of the molecule is CC(=O)N[C@@H](C(Cl)(Cl)Cl)P(=O)(O)O. The lowest BCUT2D eigenvalue weighted by molar-refractivity contribution is -0.119. The van der Waals surface area contributed by atoms with Crippen LogP contribution in [-0.4, -0.2) is 25.3 Å². The molecule has 0 heterocycles. The maximum Gasteiger partial charge on any atom is 0.352 e. The van der Waals surface area contributed by atoms with Crippen LogP contribution in [0.15, 0.2) is 0 Å². The fourth-order valence-electron chi connectivity index (χ4n) is 0.549. The third-order valence-corrected chi connectivity index (χ3v) is 3.29. The average molecular weight is 270 g/mol. The Labute approximate surface area is 89.5 Å². The monoisotopic (exact) mass is 269 g/mol. The van der Waals surface area contributed by atoms with E-state index in [0.29, 0.717) is 0 Å². The zero-order chi connectivity index (χ0) is 10.9. The average Bonchev–Trinajstić information content (AvgIpc) is 1.77. The van der Waals surface area contributed by atoms with Gasteiger partial charge >= 0.3 is 7.60 Å². The van der Waals surface area contributed by atoms with Gasteiger partial charge in [0.2, 0.25) is 9.70 Å². The smallest absolute Gasteiger partial charge is 0.339 e. The number of rotatable bonds is 2. The fraction of sp³-hybridized carbons (Fsp3) is 0.750.